The first-order valence-corrected chi connectivity index (χ1v) is 14.9. The van der Waals surface area contributed by atoms with Crippen LogP contribution in [0.1, 0.15) is 68.7 Å². The number of rotatable bonds is 9. The van der Waals surface area contributed by atoms with Crippen molar-refractivity contribution in [3.05, 3.63) is 81.3 Å². The number of hydrogen-bond acceptors (Lipinski definition) is 7. The van der Waals surface area contributed by atoms with Crippen molar-refractivity contribution in [2.24, 2.45) is 0 Å². The van der Waals surface area contributed by atoms with Gasteiger partial charge in [0.05, 0.1) is 18.2 Å². The summed E-state index contributed by atoms with van der Waals surface area (Å²) in [6.07, 6.45) is -2.66. The number of aromatic nitrogens is 1. The Hall–Kier alpha value is -3.48. The Morgan fingerprint density at radius 2 is 1.93 bits per heavy atom. The smallest absolute Gasteiger partial charge is 0.406 e. The maximum Gasteiger partial charge on any atom is 0.573 e. The lowest BCUT2D eigenvalue weighted by atomic mass is 9.95. The molecular formula is C30H33F3N4O4S. The minimum Gasteiger partial charge on any atom is -0.406 e. The van der Waals surface area contributed by atoms with E-state index in [1.807, 2.05) is 42.6 Å². The number of aliphatic hydroxyl groups is 1. The van der Waals surface area contributed by atoms with E-state index in [2.05, 4.69) is 20.4 Å². The third-order valence-corrected chi connectivity index (χ3v) is 8.69. The molecule has 12 heteroatoms. The fourth-order valence-corrected chi connectivity index (χ4v) is 6.61. The number of alkyl halides is 3. The topological polar surface area (TPSA) is 104 Å². The zero-order valence-electron chi connectivity index (χ0n) is 23.1. The molecule has 3 heterocycles. The van der Waals surface area contributed by atoms with Gasteiger partial charge in [0.25, 0.3) is 11.8 Å². The lowest BCUT2D eigenvalue weighted by molar-refractivity contribution is -0.274. The summed E-state index contributed by atoms with van der Waals surface area (Å²) in [5.74, 6) is -1.90. The van der Waals surface area contributed by atoms with Crippen LogP contribution in [0.2, 0.25) is 0 Å². The summed E-state index contributed by atoms with van der Waals surface area (Å²) in [6, 6.07) is 11.3. The zero-order valence-corrected chi connectivity index (χ0v) is 23.9. The molecule has 0 saturated carbocycles. The summed E-state index contributed by atoms with van der Waals surface area (Å²) in [6.45, 7) is 3.01. The molecule has 42 heavy (non-hydrogen) atoms. The van der Waals surface area contributed by atoms with Crippen LogP contribution in [0.25, 0.3) is 0 Å². The van der Waals surface area contributed by atoms with Crippen LogP contribution in [0.5, 0.6) is 5.75 Å². The van der Waals surface area contributed by atoms with Crippen molar-refractivity contribution in [2.75, 3.05) is 13.1 Å². The molecular weight excluding hydrogens is 569 g/mol. The lowest BCUT2D eigenvalue weighted by Crippen LogP contribution is -2.52. The minimum absolute atomic E-state index is 0.0975. The predicted molar refractivity (Wildman–Crippen MR) is 151 cm³/mol. The van der Waals surface area contributed by atoms with Gasteiger partial charge in [-0.25, -0.2) is 4.98 Å². The highest BCUT2D eigenvalue weighted by atomic mass is 32.1. The fourth-order valence-electron chi connectivity index (χ4n) is 5.66. The molecule has 2 saturated heterocycles. The summed E-state index contributed by atoms with van der Waals surface area (Å²) < 4.78 is 43.9. The monoisotopic (exact) mass is 602 g/mol. The van der Waals surface area contributed by atoms with Crippen molar-refractivity contribution >= 4 is 23.2 Å². The highest BCUT2D eigenvalue weighted by Crippen LogP contribution is 2.36. The first-order chi connectivity index (χ1) is 20.1. The first kappa shape index (κ1) is 30.0. The molecule has 2 fully saturated rings. The standard InChI is InChI=1S/C30H33F3N4O4S/c1-18-17-42-28(35-18)25-10-6-12-37(25)29(40)21-14-20(15-22(16-21)41-30(31,32)33)27(39)36-24(13-19-7-3-2-4-8-19)26(38)23-9-5-11-34-23/h2-4,7-8,14-17,23-26,34,38H,5-6,9-13H2,1H3,(H,36,39)/t23-,24+,25+,26+/m0/s1. The van der Waals surface area contributed by atoms with Gasteiger partial charge in [-0.05, 0) is 69.3 Å². The molecule has 1 aromatic heterocycles. The fraction of sp³-hybridized carbons (Fsp3) is 0.433. The van der Waals surface area contributed by atoms with Crippen LogP contribution in [0.4, 0.5) is 13.2 Å². The SMILES string of the molecule is Cc1csc([C@H]2CCCN2C(=O)c2cc(OC(F)(F)F)cc(C(=O)N[C@H](Cc3ccccc3)[C@H](O)[C@@H]3CCCN3)c2)n1. The molecule has 0 aliphatic carbocycles. The largest absolute Gasteiger partial charge is 0.573 e. The summed E-state index contributed by atoms with van der Waals surface area (Å²) in [5.41, 5.74) is 1.43. The van der Waals surface area contributed by atoms with Gasteiger partial charge in [-0.1, -0.05) is 30.3 Å². The molecule has 5 rings (SSSR count). The highest BCUT2D eigenvalue weighted by molar-refractivity contribution is 7.09. The second-order valence-corrected chi connectivity index (χ2v) is 11.6. The number of likely N-dealkylation sites (tertiary alicyclic amines) is 1. The number of aliphatic hydroxyl groups excluding tert-OH is 1. The molecule has 0 radical (unpaired) electrons. The Morgan fingerprint density at radius 1 is 1.17 bits per heavy atom. The van der Waals surface area contributed by atoms with Crippen LogP contribution in [0, 0.1) is 6.92 Å². The summed E-state index contributed by atoms with van der Waals surface area (Å²) in [5, 5.41) is 19.9. The van der Waals surface area contributed by atoms with Crippen LogP contribution < -0.4 is 15.4 Å². The summed E-state index contributed by atoms with van der Waals surface area (Å²) in [7, 11) is 0. The third kappa shape index (κ3) is 7.29. The zero-order chi connectivity index (χ0) is 29.9. The molecule has 8 nitrogen and oxygen atoms in total. The molecule has 0 spiro atoms. The number of carbonyl (C=O) groups excluding carboxylic acids is 2. The number of amides is 2. The molecule has 2 aromatic carbocycles. The number of carbonyl (C=O) groups is 2. The molecule has 0 unspecified atom stereocenters. The van der Waals surface area contributed by atoms with Crippen molar-refractivity contribution in [3.63, 3.8) is 0 Å². The van der Waals surface area contributed by atoms with Gasteiger partial charge in [0.2, 0.25) is 0 Å². The number of halogens is 3. The molecule has 2 aliphatic rings. The minimum atomic E-state index is -5.02. The summed E-state index contributed by atoms with van der Waals surface area (Å²) in [4.78, 5) is 33.3. The van der Waals surface area contributed by atoms with E-state index in [4.69, 9.17) is 0 Å². The Morgan fingerprint density at radius 3 is 2.60 bits per heavy atom. The normalized spacial score (nSPS) is 20.4. The van der Waals surface area contributed by atoms with Crippen LogP contribution in [0.15, 0.2) is 53.9 Å². The van der Waals surface area contributed by atoms with Crippen molar-refractivity contribution in [1.29, 1.82) is 0 Å². The number of hydrogen-bond donors (Lipinski definition) is 3. The number of aryl methyl sites for hydroxylation is 1. The van der Waals surface area contributed by atoms with Crippen LogP contribution in [0.3, 0.4) is 0 Å². The van der Waals surface area contributed by atoms with Crippen molar-refractivity contribution in [2.45, 2.75) is 69.6 Å². The van der Waals surface area contributed by atoms with E-state index in [1.54, 1.807) is 4.90 Å². The maximum atomic E-state index is 13.7. The first-order valence-electron chi connectivity index (χ1n) is 14.0. The molecule has 224 valence electrons. The van der Waals surface area contributed by atoms with E-state index in [1.165, 1.54) is 17.4 Å². The maximum absolute atomic E-state index is 13.7. The van der Waals surface area contributed by atoms with Gasteiger partial charge >= 0.3 is 6.36 Å². The molecule has 4 atom stereocenters. The Kier molecular flexibility index (Phi) is 9.14. The van der Waals surface area contributed by atoms with Crippen LogP contribution >= 0.6 is 11.3 Å². The van der Waals surface area contributed by atoms with Gasteiger partial charge in [0.15, 0.2) is 0 Å². The average molecular weight is 603 g/mol. The number of thiazole rings is 1. The van der Waals surface area contributed by atoms with E-state index in [0.717, 1.165) is 54.2 Å². The number of ether oxygens (including phenoxy) is 1. The van der Waals surface area contributed by atoms with Crippen molar-refractivity contribution in [1.82, 2.24) is 20.5 Å². The van der Waals surface area contributed by atoms with Gasteiger partial charge in [0, 0.05) is 34.8 Å². The Balaban J connectivity index is 1.43. The van der Waals surface area contributed by atoms with E-state index < -0.39 is 36.1 Å². The molecule has 3 N–H and O–H groups in total. The van der Waals surface area contributed by atoms with E-state index in [9.17, 15) is 27.9 Å². The van der Waals surface area contributed by atoms with Crippen LogP contribution in [-0.2, 0) is 6.42 Å². The van der Waals surface area contributed by atoms with E-state index in [-0.39, 0.29) is 23.2 Å². The van der Waals surface area contributed by atoms with Gasteiger partial charge in [-0.3, -0.25) is 9.59 Å². The second kappa shape index (κ2) is 12.8. The van der Waals surface area contributed by atoms with Gasteiger partial charge in [-0.15, -0.1) is 24.5 Å². The average Bonchev–Trinajstić information content (AvgIpc) is 3.73. The molecule has 0 bridgehead atoms. The number of benzene rings is 2. The lowest BCUT2D eigenvalue weighted by Gasteiger charge is -2.29. The molecule has 3 aromatic rings. The number of nitrogens with zero attached hydrogens (tertiary/aromatic N) is 2. The van der Waals surface area contributed by atoms with Crippen molar-refractivity contribution in [3.8, 4) is 5.75 Å². The quantitative estimate of drug-likeness (QED) is 0.326. The molecule has 2 aliphatic heterocycles. The second-order valence-electron chi connectivity index (χ2n) is 10.7. The third-order valence-electron chi connectivity index (χ3n) is 7.62. The van der Waals surface area contributed by atoms with E-state index in [0.29, 0.717) is 19.4 Å². The predicted octanol–water partition coefficient (Wildman–Crippen LogP) is 4.78. The van der Waals surface area contributed by atoms with E-state index >= 15 is 0 Å². The van der Waals surface area contributed by atoms with Crippen LogP contribution in [-0.4, -0.2) is 64.4 Å². The highest BCUT2D eigenvalue weighted by Gasteiger charge is 2.36. The number of nitrogens with one attached hydrogen (secondary N) is 2. The Bertz CT molecular complexity index is 1390. The summed E-state index contributed by atoms with van der Waals surface area (Å²) >= 11 is 1.43. The van der Waals surface area contributed by atoms with Gasteiger partial charge in [0.1, 0.15) is 10.8 Å². The Labute approximate surface area is 245 Å². The van der Waals surface area contributed by atoms with Gasteiger partial charge < -0.3 is 25.4 Å². The van der Waals surface area contributed by atoms with Gasteiger partial charge in [-0.2, -0.15) is 0 Å². The molecule has 2 amide bonds. The van der Waals surface area contributed by atoms with Crippen molar-refractivity contribution < 1.29 is 32.6 Å².